The molecule has 30 heavy (non-hydrogen) atoms. The quantitative estimate of drug-likeness (QED) is 0.645. The van der Waals surface area contributed by atoms with Crippen molar-refractivity contribution in [2.24, 2.45) is 5.92 Å². The maximum atomic E-state index is 13.0. The fourth-order valence-corrected chi connectivity index (χ4v) is 5.52. The summed E-state index contributed by atoms with van der Waals surface area (Å²) in [5.74, 6) is 0.294. The van der Waals surface area contributed by atoms with Crippen LogP contribution in [0.3, 0.4) is 0 Å². The molecule has 1 aliphatic carbocycles. The number of sulfonamides is 1. The van der Waals surface area contributed by atoms with Gasteiger partial charge < -0.3 is 9.26 Å². The molecule has 162 valence electrons. The van der Waals surface area contributed by atoms with Gasteiger partial charge in [0.25, 0.3) is 5.89 Å². The van der Waals surface area contributed by atoms with Crippen LogP contribution in [0, 0.1) is 5.92 Å². The van der Waals surface area contributed by atoms with Crippen LogP contribution in [-0.2, 0) is 39.0 Å². The second-order valence-corrected chi connectivity index (χ2v) is 10.2. The monoisotopic (exact) mass is 433 g/mol. The summed E-state index contributed by atoms with van der Waals surface area (Å²) in [6.07, 6.45) is 3.90. The number of carbonyl (C=O) groups excluding carboxylic acids is 1. The fraction of sp³-hybridized carbons (Fsp3) is 0.571. The first kappa shape index (κ1) is 21.0. The zero-order valence-electron chi connectivity index (χ0n) is 17.3. The smallest absolute Gasteiger partial charge is 0.309 e. The Morgan fingerprint density at radius 3 is 2.67 bits per heavy atom. The molecular formula is C21H27N3O5S. The van der Waals surface area contributed by atoms with Gasteiger partial charge in [-0.3, -0.25) is 4.79 Å². The number of aryl methyl sites for hydroxylation is 2. The Kier molecular flexibility index (Phi) is 5.92. The van der Waals surface area contributed by atoms with Gasteiger partial charge >= 0.3 is 5.97 Å². The minimum atomic E-state index is -3.55. The van der Waals surface area contributed by atoms with Crippen molar-refractivity contribution in [3.63, 3.8) is 0 Å². The maximum absolute atomic E-state index is 13.0. The molecule has 0 radical (unpaired) electrons. The first-order valence-electron chi connectivity index (χ1n) is 10.5. The summed E-state index contributed by atoms with van der Waals surface area (Å²) in [4.78, 5) is 16.9. The Labute approximate surface area is 176 Å². The number of carbonyl (C=O) groups is 1. The minimum absolute atomic E-state index is 0.0633. The summed E-state index contributed by atoms with van der Waals surface area (Å²) in [6.45, 7) is 4.44. The van der Waals surface area contributed by atoms with Crippen molar-refractivity contribution in [2.75, 3.05) is 13.1 Å². The number of fused-ring (bicyclic) bond motifs is 1. The van der Waals surface area contributed by atoms with Gasteiger partial charge in [-0.05, 0) is 55.4 Å². The van der Waals surface area contributed by atoms with Crippen LogP contribution in [0.4, 0.5) is 0 Å². The molecule has 4 rings (SSSR count). The lowest BCUT2D eigenvalue weighted by molar-refractivity contribution is -0.152. The highest BCUT2D eigenvalue weighted by Crippen LogP contribution is 2.29. The number of benzene rings is 1. The van der Waals surface area contributed by atoms with Crippen LogP contribution in [0.15, 0.2) is 27.6 Å². The molecule has 1 aromatic carbocycles. The summed E-state index contributed by atoms with van der Waals surface area (Å²) < 4.78 is 37.9. The summed E-state index contributed by atoms with van der Waals surface area (Å²) in [7, 11) is -3.55. The van der Waals surface area contributed by atoms with Gasteiger partial charge in [-0.15, -0.1) is 0 Å². The fourth-order valence-electron chi connectivity index (χ4n) is 4.00. The van der Waals surface area contributed by atoms with E-state index in [0.29, 0.717) is 36.7 Å². The first-order valence-corrected chi connectivity index (χ1v) is 11.9. The second kappa shape index (κ2) is 8.47. The van der Waals surface area contributed by atoms with Gasteiger partial charge in [-0.1, -0.05) is 25.1 Å². The van der Waals surface area contributed by atoms with Crippen molar-refractivity contribution in [3.05, 3.63) is 41.0 Å². The molecule has 0 bridgehead atoms. The third-order valence-corrected chi connectivity index (χ3v) is 7.73. The number of ether oxygens (including phenoxy) is 1. The molecule has 0 atom stereocenters. The number of rotatable bonds is 6. The Morgan fingerprint density at radius 2 is 1.97 bits per heavy atom. The number of piperidine rings is 1. The molecule has 8 nitrogen and oxygen atoms in total. The summed E-state index contributed by atoms with van der Waals surface area (Å²) in [5, 5.41) is 3.84. The molecule has 9 heteroatoms. The van der Waals surface area contributed by atoms with E-state index in [4.69, 9.17) is 9.26 Å². The van der Waals surface area contributed by atoms with Crippen molar-refractivity contribution < 1.29 is 22.5 Å². The maximum Gasteiger partial charge on any atom is 0.309 e. The molecule has 2 aromatic rings. The summed E-state index contributed by atoms with van der Waals surface area (Å²) in [6, 6.07) is 5.45. The summed E-state index contributed by atoms with van der Waals surface area (Å²) >= 11 is 0. The third-order valence-electron chi connectivity index (χ3n) is 5.83. The van der Waals surface area contributed by atoms with E-state index in [1.165, 1.54) is 9.87 Å². The molecule has 0 saturated carbocycles. The van der Waals surface area contributed by atoms with Crippen LogP contribution < -0.4 is 0 Å². The van der Waals surface area contributed by atoms with Crippen molar-refractivity contribution in [1.82, 2.24) is 14.4 Å². The molecule has 0 unspecified atom stereocenters. The van der Waals surface area contributed by atoms with Crippen LogP contribution in [0.5, 0.6) is 0 Å². The van der Waals surface area contributed by atoms with Gasteiger partial charge in [-0.25, -0.2) is 8.42 Å². The van der Waals surface area contributed by atoms with E-state index in [0.717, 1.165) is 24.8 Å². The highest BCUT2D eigenvalue weighted by atomic mass is 32.2. The predicted molar refractivity (Wildman–Crippen MR) is 108 cm³/mol. The standard InChI is InChI=1S/C21H27N3O5S/c1-14(2)20-22-19(29-23-20)13-28-21(25)16-8-10-24(11-9-16)30(26,27)18-7-6-15-4-3-5-17(15)12-18/h6-7,12,14,16H,3-5,8-11,13H2,1-2H3. The molecule has 1 aliphatic heterocycles. The normalized spacial score (nSPS) is 18.0. The van der Waals surface area contributed by atoms with Gasteiger partial charge in [0.05, 0.1) is 10.8 Å². The van der Waals surface area contributed by atoms with Gasteiger partial charge in [0.2, 0.25) is 10.0 Å². The third kappa shape index (κ3) is 4.27. The molecule has 0 spiro atoms. The SMILES string of the molecule is CC(C)c1noc(COC(=O)C2CCN(S(=O)(=O)c3ccc4c(c3)CCC4)CC2)n1. The van der Waals surface area contributed by atoms with Crippen molar-refractivity contribution >= 4 is 16.0 Å². The van der Waals surface area contributed by atoms with Gasteiger partial charge in [0.1, 0.15) is 0 Å². The number of aromatic nitrogens is 2. The van der Waals surface area contributed by atoms with E-state index < -0.39 is 10.0 Å². The highest BCUT2D eigenvalue weighted by Gasteiger charge is 2.33. The van der Waals surface area contributed by atoms with E-state index in [1.807, 2.05) is 26.0 Å². The van der Waals surface area contributed by atoms with Gasteiger partial charge in [0.15, 0.2) is 12.4 Å². The zero-order chi connectivity index (χ0) is 21.3. The molecule has 1 aromatic heterocycles. The van der Waals surface area contributed by atoms with E-state index in [9.17, 15) is 13.2 Å². The average molecular weight is 434 g/mol. The van der Waals surface area contributed by atoms with Crippen LogP contribution in [0.1, 0.15) is 61.9 Å². The molecule has 0 amide bonds. The second-order valence-electron chi connectivity index (χ2n) is 8.27. The molecular weight excluding hydrogens is 406 g/mol. The summed E-state index contributed by atoms with van der Waals surface area (Å²) in [5.41, 5.74) is 2.38. The topological polar surface area (TPSA) is 103 Å². The van der Waals surface area contributed by atoms with Crippen LogP contribution >= 0.6 is 0 Å². The molecule has 0 N–H and O–H groups in total. The largest absolute Gasteiger partial charge is 0.455 e. The Bertz CT molecular complexity index is 1020. The number of esters is 1. The van der Waals surface area contributed by atoms with E-state index in [1.54, 1.807) is 6.07 Å². The minimum Gasteiger partial charge on any atom is -0.455 e. The predicted octanol–water partition coefficient (Wildman–Crippen LogP) is 2.83. The Balaban J connectivity index is 1.32. The van der Waals surface area contributed by atoms with Crippen molar-refractivity contribution in [3.8, 4) is 0 Å². The lowest BCUT2D eigenvalue weighted by Crippen LogP contribution is -2.40. The molecule has 2 heterocycles. The molecule has 1 saturated heterocycles. The lowest BCUT2D eigenvalue weighted by Gasteiger charge is -2.30. The van der Waals surface area contributed by atoms with E-state index in [2.05, 4.69) is 10.1 Å². The molecule has 1 fully saturated rings. The van der Waals surface area contributed by atoms with E-state index in [-0.39, 0.29) is 30.3 Å². The van der Waals surface area contributed by atoms with Gasteiger partial charge in [-0.2, -0.15) is 9.29 Å². The number of hydrogen-bond acceptors (Lipinski definition) is 7. The van der Waals surface area contributed by atoms with E-state index >= 15 is 0 Å². The van der Waals surface area contributed by atoms with Crippen LogP contribution in [-0.4, -0.2) is 41.9 Å². The average Bonchev–Trinajstić information content (AvgIpc) is 3.41. The zero-order valence-corrected chi connectivity index (χ0v) is 18.2. The lowest BCUT2D eigenvalue weighted by atomic mass is 9.98. The van der Waals surface area contributed by atoms with Crippen molar-refractivity contribution in [1.29, 1.82) is 0 Å². The van der Waals surface area contributed by atoms with Crippen molar-refractivity contribution in [2.45, 2.75) is 63.4 Å². The number of hydrogen-bond donors (Lipinski definition) is 0. The highest BCUT2D eigenvalue weighted by molar-refractivity contribution is 7.89. The van der Waals surface area contributed by atoms with Crippen LogP contribution in [0.2, 0.25) is 0 Å². The molecule has 2 aliphatic rings. The van der Waals surface area contributed by atoms with Gasteiger partial charge in [0, 0.05) is 19.0 Å². The Hall–Kier alpha value is -2.26. The van der Waals surface area contributed by atoms with Crippen LogP contribution in [0.25, 0.3) is 0 Å². The number of nitrogens with zero attached hydrogens (tertiary/aromatic N) is 3. The Morgan fingerprint density at radius 1 is 1.23 bits per heavy atom. The first-order chi connectivity index (χ1) is 14.3.